The van der Waals surface area contributed by atoms with E-state index in [4.69, 9.17) is 10.00 Å². The van der Waals surface area contributed by atoms with Crippen LogP contribution in [0.4, 0.5) is 10.1 Å². The maximum absolute atomic E-state index is 13.8. The van der Waals surface area contributed by atoms with Crippen molar-refractivity contribution in [3.63, 3.8) is 0 Å². The number of halogens is 1. The predicted molar refractivity (Wildman–Crippen MR) is 104 cm³/mol. The Hall–Kier alpha value is -4.65. The first-order chi connectivity index (χ1) is 14.5. The number of ether oxygens (including phenoxy) is 1. The highest BCUT2D eigenvalue weighted by atomic mass is 19.1. The first-order valence-electron chi connectivity index (χ1n) is 8.37. The van der Waals surface area contributed by atoms with Gasteiger partial charge in [0.2, 0.25) is 5.88 Å². The number of carbonyl (C=O) groups is 1. The molecule has 0 aliphatic carbocycles. The summed E-state index contributed by atoms with van der Waals surface area (Å²) in [7, 11) is 0. The largest absolute Gasteiger partial charge is 0.439 e. The van der Waals surface area contributed by atoms with Crippen LogP contribution in [-0.2, 0) is 0 Å². The molecule has 0 aliphatic heterocycles. The quantitative estimate of drug-likeness (QED) is 0.379. The number of nitrogens with one attached hydrogen (secondary N) is 1. The zero-order valence-corrected chi connectivity index (χ0v) is 15.2. The molecule has 0 fully saturated rings. The van der Waals surface area contributed by atoms with Crippen LogP contribution in [-0.4, -0.2) is 22.0 Å². The summed E-state index contributed by atoms with van der Waals surface area (Å²) in [6, 6.07) is 14.5. The van der Waals surface area contributed by atoms with Crippen LogP contribution in [0.25, 0.3) is 0 Å². The second-order valence-electron chi connectivity index (χ2n) is 5.79. The average Bonchev–Trinajstić information content (AvgIpc) is 2.75. The van der Waals surface area contributed by atoms with E-state index in [0.717, 1.165) is 12.3 Å². The third-order valence-electron chi connectivity index (χ3n) is 3.76. The van der Waals surface area contributed by atoms with E-state index in [0.29, 0.717) is 11.3 Å². The molecule has 0 unspecified atom stereocenters. The van der Waals surface area contributed by atoms with E-state index in [1.54, 1.807) is 30.3 Å². The van der Waals surface area contributed by atoms with Crippen molar-refractivity contribution >= 4 is 17.8 Å². The molecule has 1 N–H and O–H groups in total. The Balaban J connectivity index is 1.58. The number of nitrogens with zero attached hydrogens (tertiary/aromatic N) is 4. The highest BCUT2D eigenvalue weighted by molar-refractivity contribution is 5.95. The Morgan fingerprint density at radius 2 is 2.00 bits per heavy atom. The SMILES string of the molecule is N#Cc1ccc(C(=O)N/N=C\c2ccc(Oc3ccc([N+](=O)[O-])cn3)cc2)c(F)c1. The summed E-state index contributed by atoms with van der Waals surface area (Å²) in [5.74, 6) is -0.934. The number of pyridine rings is 1. The number of hydrazone groups is 1. The average molecular weight is 405 g/mol. The smallest absolute Gasteiger partial charge is 0.287 e. The van der Waals surface area contributed by atoms with Crippen LogP contribution in [0.15, 0.2) is 65.9 Å². The number of hydrogen-bond acceptors (Lipinski definition) is 7. The van der Waals surface area contributed by atoms with Crippen molar-refractivity contribution in [3.8, 4) is 17.7 Å². The van der Waals surface area contributed by atoms with Gasteiger partial charge in [-0.1, -0.05) is 0 Å². The van der Waals surface area contributed by atoms with Crippen LogP contribution < -0.4 is 10.2 Å². The number of benzene rings is 2. The van der Waals surface area contributed by atoms with Crippen molar-refractivity contribution < 1.29 is 18.8 Å². The van der Waals surface area contributed by atoms with Crippen molar-refractivity contribution in [3.05, 3.63) is 93.4 Å². The minimum absolute atomic E-state index is 0.110. The van der Waals surface area contributed by atoms with Gasteiger partial charge < -0.3 is 4.74 Å². The van der Waals surface area contributed by atoms with Crippen molar-refractivity contribution in [1.29, 1.82) is 5.26 Å². The summed E-state index contributed by atoms with van der Waals surface area (Å²) in [5.41, 5.74) is 2.57. The molecule has 0 aliphatic rings. The van der Waals surface area contributed by atoms with Crippen molar-refractivity contribution in [2.24, 2.45) is 5.10 Å². The molecule has 0 atom stereocenters. The zero-order chi connectivity index (χ0) is 21.5. The summed E-state index contributed by atoms with van der Waals surface area (Å²) in [6.07, 6.45) is 2.45. The fourth-order valence-electron chi connectivity index (χ4n) is 2.28. The molecule has 0 saturated carbocycles. The first-order valence-corrected chi connectivity index (χ1v) is 8.37. The Kier molecular flexibility index (Phi) is 6.05. The van der Waals surface area contributed by atoms with Gasteiger partial charge in [0.05, 0.1) is 28.3 Å². The van der Waals surface area contributed by atoms with E-state index in [2.05, 4.69) is 15.5 Å². The molecular formula is C20H12FN5O4. The monoisotopic (exact) mass is 405 g/mol. The van der Waals surface area contributed by atoms with Crippen LogP contribution in [0, 0.1) is 27.3 Å². The molecule has 3 aromatic rings. The lowest BCUT2D eigenvalue weighted by atomic mass is 10.1. The molecule has 0 radical (unpaired) electrons. The van der Waals surface area contributed by atoms with Gasteiger partial charge in [0.1, 0.15) is 17.8 Å². The molecule has 1 heterocycles. The molecule has 2 aromatic carbocycles. The fourth-order valence-corrected chi connectivity index (χ4v) is 2.28. The van der Waals surface area contributed by atoms with Crippen LogP contribution in [0.5, 0.6) is 11.6 Å². The normalized spacial score (nSPS) is 10.4. The van der Waals surface area contributed by atoms with Gasteiger partial charge in [-0.05, 0) is 48.0 Å². The minimum Gasteiger partial charge on any atom is -0.439 e. The van der Waals surface area contributed by atoms with Crippen LogP contribution in [0.2, 0.25) is 0 Å². The first kappa shape index (κ1) is 20.1. The van der Waals surface area contributed by atoms with Gasteiger partial charge in [0, 0.05) is 12.1 Å². The van der Waals surface area contributed by atoms with Gasteiger partial charge in [-0.3, -0.25) is 14.9 Å². The van der Waals surface area contributed by atoms with Gasteiger partial charge >= 0.3 is 0 Å². The molecule has 9 nitrogen and oxygen atoms in total. The molecule has 0 saturated heterocycles. The molecule has 148 valence electrons. The van der Waals surface area contributed by atoms with Gasteiger partial charge in [-0.25, -0.2) is 14.8 Å². The Bertz CT molecular complexity index is 1160. The number of aromatic nitrogens is 1. The highest BCUT2D eigenvalue weighted by Gasteiger charge is 2.11. The van der Waals surface area contributed by atoms with Crippen molar-refractivity contribution in [1.82, 2.24) is 10.4 Å². The molecule has 0 bridgehead atoms. The summed E-state index contributed by atoms with van der Waals surface area (Å²) in [5, 5.41) is 23.1. The fraction of sp³-hybridized carbons (Fsp3) is 0. The summed E-state index contributed by atoms with van der Waals surface area (Å²) in [4.78, 5) is 25.9. The lowest BCUT2D eigenvalue weighted by Gasteiger charge is -2.04. The Morgan fingerprint density at radius 1 is 1.23 bits per heavy atom. The summed E-state index contributed by atoms with van der Waals surface area (Å²) >= 11 is 0. The second-order valence-corrected chi connectivity index (χ2v) is 5.79. The molecule has 10 heteroatoms. The van der Waals surface area contributed by atoms with Gasteiger partial charge in [0.25, 0.3) is 11.6 Å². The number of hydrogen-bond donors (Lipinski definition) is 1. The standard InChI is InChI=1S/C20H12FN5O4/c21-18-9-14(10-22)3-7-17(18)20(27)25-24-11-13-1-5-16(6-2-13)30-19-8-4-15(12-23-19)26(28)29/h1-9,11-12H,(H,25,27)/b24-11-. The third kappa shape index (κ3) is 4.99. The maximum atomic E-state index is 13.8. The molecule has 30 heavy (non-hydrogen) atoms. The molecule has 0 spiro atoms. The third-order valence-corrected chi connectivity index (χ3v) is 3.76. The predicted octanol–water partition coefficient (Wildman–Crippen LogP) is 3.56. The number of nitro groups is 1. The maximum Gasteiger partial charge on any atom is 0.287 e. The summed E-state index contributed by atoms with van der Waals surface area (Å²) < 4.78 is 19.3. The van der Waals surface area contributed by atoms with Crippen LogP contribution in [0.3, 0.4) is 0 Å². The number of rotatable bonds is 6. The lowest BCUT2D eigenvalue weighted by Crippen LogP contribution is -2.19. The van der Waals surface area contributed by atoms with E-state index in [1.807, 2.05) is 0 Å². The van der Waals surface area contributed by atoms with Crippen molar-refractivity contribution in [2.45, 2.75) is 0 Å². The number of carbonyl (C=O) groups excluding carboxylic acids is 1. The Labute approximate surface area is 169 Å². The second kappa shape index (κ2) is 9.03. The summed E-state index contributed by atoms with van der Waals surface area (Å²) in [6.45, 7) is 0. The van der Waals surface area contributed by atoms with Crippen LogP contribution >= 0.6 is 0 Å². The van der Waals surface area contributed by atoms with Gasteiger partial charge in [-0.15, -0.1) is 0 Å². The topological polar surface area (TPSA) is 131 Å². The molecular weight excluding hydrogens is 393 g/mol. The lowest BCUT2D eigenvalue weighted by molar-refractivity contribution is -0.385. The minimum atomic E-state index is -0.817. The van der Waals surface area contributed by atoms with E-state index in [-0.39, 0.29) is 22.7 Å². The van der Waals surface area contributed by atoms with Crippen molar-refractivity contribution in [2.75, 3.05) is 0 Å². The van der Waals surface area contributed by atoms with E-state index in [9.17, 15) is 19.3 Å². The molecule has 3 rings (SSSR count). The highest BCUT2D eigenvalue weighted by Crippen LogP contribution is 2.21. The van der Waals surface area contributed by atoms with Crippen LogP contribution in [0.1, 0.15) is 21.5 Å². The van der Waals surface area contributed by atoms with Gasteiger partial charge in [-0.2, -0.15) is 10.4 Å². The van der Waals surface area contributed by atoms with Gasteiger partial charge in [0.15, 0.2) is 0 Å². The number of nitriles is 1. The zero-order valence-electron chi connectivity index (χ0n) is 15.2. The van der Waals surface area contributed by atoms with E-state index >= 15 is 0 Å². The van der Waals surface area contributed by atoms with E-state index in [1.165, 1.54) is 30.5 Å². The molecule has 1 amide bonds. The van der Waals surface area contributed by atoms with E-state index < -0.39 is 16.6 Å². The molecule has 1 aromatic heterocycles. The number of amides is 1. The Morgan fingerprint density at radius 3 is 2.60 bits per heavy atom.